The van der Waals surface area contributed by atoms with E-state index in [0.717, 1.165) is 16.7 Å². The normalized spacial score (nSPS) is 13.4. The SMILES string of the molecule is COC(=O)[C@H](NC(=O)[C@H](CSC(c1ccccc1)(c1ccccc1)c1ccccc1)NC(=O)OC(C)(C)C)C(C)(C)S. The van der Waals surface area contributed by atoms with Crippen LogP contribution in [0.1, 0.15) is 51.3 Å². The number of carbonyl (C=O) groups is 3. The van der Waals surface area contributed by atoms with E-state index in [1.54, 1.807) is 34.6 Å². The molecule has 7 nitrogen and oxygen atoms in total. The van der Waals surface area contributed by atoms with E-state index in [4.69, 9.17) is 9.47 Å². The molecule has 9 heteroatoms. The summed E-state index contributed by atoms with van der Waals surface area (Å²) in [5, 5.41) is 5.50. The summed E-state index contributed by atoms with van der Waals surface area (Å²) in [7, 11) is 1.25. The first-order valence-electron chi connectivity index (χ1n) is 13.7. The van der Waals surface area contributed by atoms with Crippen LogP contribution >= 0.6 is 24.4 Å². The summed E-state index contributed by atoms with van der Waals surface area (Å²) in [5.74, 6) is -1.06. The van der Waals surface area contributed by atoms with E-state index < -0.39 is 45.1 Å². The van der Waals surface area contributed by atoms with E-state index in [0.29, 0.717) is 0 Å². The molecule has 3 aromatic carbocycles. The molecule has 2 amide bonds. The first-order chi connectivity index (χ1) is 19.8. The van der Waals surface area contributed by atoms with Crippen molar-refractivity contribution in [2.75, 3.05) is 12.9 Å². The molecule has 3 aromatic rings. The summed E-state index contributed by atoms with van der Waals surface area (Å²) in [6.45, 7) is 8.65. The smallest absolute Gasteiger partial charge is 0.408 e. The highest BCUT2D eigenvalue weighted by atomic mass is 32.2. The number of alkyl carbamates (subject to hydrolysis) is 1. The molecule has 0 heterocycles. The number of methoxy groups -OCH3 is 1. The Kier molecular flexibility index (Phi) is 11.2. The van der Waals surface area contributed by atoms with Gasteiger partial charge >= 0.3 is 12.1 Å². The van der Waals surface area contributed by atoms with Crippen molar-refractivity contribution in [2.45, 2.75) is 61.8 Å². The fourth-order valence-electron chi connectivity index (χ4n) is 4.49. The molecule has 0 saturated heterocycles. The van der Waals surface area contributed by atoms with Crippen molar-refractivity contribution in [3.63, 3.8) is 0 Å². The topological polar surface area (TPSA) is 93.7 Å². The number of hydrogen-bond donors (Lipinski definition) is 3. The lowest BCUT2D eigenvalue weighted by atomic mass is 9.84. The molecule has 3 rings (SSSR count). The average Bonchev–Trinajstić information content (AvgIpc) is 2.95. The maximum atomic E-state index is 13.8. The first-order valence-corrected chi connectivity index (χ1v) is 15.1. The van der Waals surface area contributed by atoms with E-state index in [2.05, 4.69) is 59.7 Å². The van der Waals surface area contributed by atoms with Crippen LogP contribution in [-0.2, 0) is 23.8 Å². The number of esters is 1. The molecular weight excluding hydrogens is 569 g/mol. The van der Waals surface area contributed by atoms with Crippen LogP contribution in [0.15, 0.2) is 91.0 Å². The Bertz CT molecular complexity index is 1230. The van der Waals surface area contributed by atoms with Crippen molar-refractivity contribution in [3.8, 4) is 0 Å². The molecule has 0 aliphatic rings. The third-order valence-electron chi connectivity index (χ3n) is 6.44. The number of benzene rings is 3. The number of rotatable bonds is 11. The van der Waals surface area contributed by atoms with Crippen molar-refractivity contribution in [2.24, 2.45) is 0 Å². The summed E-state index contributed by atoms with van der Waals surface area (Å²) in [4.78, 5) is 39.4. The van der Waals surface area contributed by atoms with E-state index in [1.165, 1.54) is 18.9 Å². The highest BCUT2D eigenvalue weighted by molar-refractivity contribution is 8.00. The summed E-state index contributed by atoms with van der Waals surface area (Å²) in [6, 6.07) is 28.0. The number of carbonyl (C=O) groups excluding carboxylic acids is 3. The van der Waals surface area contributed by atoms with Gasteiger partial charge in [0, 0.05) is 10.5 Å². The fraction of sp³-hybridized carbons (Fsp3) is 0.364. The molecular formula is C33H40N2O5S2. The van der Waals surface area contributed by atoms with E-state index in [-0.39, 0.29) is 5.75 Å². The first kappa shape index (κ1) is 33.1. The lowest BCUT2D eigenvalue weighted by Crippen LogP contribution is -2.58. The van der Waals surface area contributed by atoms with Gasteiger partial charge in [0.1, 0.15) is 17.7 Å². The van der Waals surface area contributed by atoms with Gasteiger partial charge in [-0.1, -0.05) is 91.0 Å². The molecule has 0 unspecified atom stereocenters. The number of hydrogen-bond acceptors (Lipinski definition) is 7. The quantitative estimate of drug-likeness (QED) is 0.141. The Morgan fingerprint density at radius 2 is 1.19 bits per heavy atom. The van der Waals surface area contributed by atoms with Crippen LogP contribution in [0.25, 0.3) is 0 Å². The Morgan fingerprint density at radius 1 is 0.762 bits per heavy atom. The van der Waals surface area contributed by atoms with E-state index in [1.807, 2.05) is 54.6 Å². The van der Waals surface area contributed by atoms with Crippen LogP contribution in [0.3, 0.4) is 0 Å². The molecule has 0 radical (unpaired) electrons. The molecule has 0 aromatic heterocycles. The molecule has 0 fully saturated rings. The monoisotopic (exact) mass is 608 g/mol. The largest absolute Gasteiger partial charge is 0.467 e. The zero-order valence-electron chi connectivity index (χ0n) is 24.9. The third kappa shape index (κ3) is 8.55. The summed E-state index contributed by atoms with van der Waals surface area (Å²) in [5.41, 5.74) is 2.25. The molecule has 0 spiro atoms. The zero-order valence-corrected chi connectivity index (χ0v) is 26.6. The van der Waals surface area contributed by atoms with E-state index in [9.17, 15) is 14.4 Å². The average molecular weight is 609 g/mol. The molecule has 0 bridgehead atoms. The number of ether oxygens (including phenoxy) is 2. The molecule has 42 heavy (non-hydrogen) atoms. The fourth-order valence-corrected chi connectivity index (χ4v) is 6.22. The van der Waals surface area contributed by atoms with Crippen molar-refractivity contribution in [1.29, 1.82) is 0 Å². The maximum Gasteiger partial charge on any atom is 0.408 e. The summed E-state index contributed by atoms with van der Waals surface area (Å²) >= 11 is 6.03. The van der Waals surface area contributed by atoms with Gasteiger partial charge in [0.05, 0.1) is 11.9 Å². The van der Waals surface area contributed by atoms with Crippen LogP contribution in [0.2, 0.25) is 0 Å². The minimum Gasteiger partial charge on any atom is -0.467 e. The van der Waals surface area contributed by atoms with Gasteiger partial charge in [-0.2, -0.15) is 12.6 Å². The van der Waals surface area contributed by atoms with Gasteiger partial charge < -0.3 is 20.1 Å². The van der Waals surface area contributed by atoms with Gasteiger partial charge in [0.2, 0.25) is 5.91 Å². The van der Waals surface area contributed by atoms with Crippen molar-refractivity contribution in [3.05, 3.63) is 108 Å². The number of thioether (sulfide) groups is 1. The van der Waals surface area contributed by atoms with Crippen molar-refractivity contribution >= 4 is 42.4 Å². The molecule has 0 aliphatic carbocycles. The maximum absolute atomic E-state index is 13.8. The van der Waals surface area contributed by atoms with Crippen LogP contribution in [-0.4, -0.2) is 53.3 Å². The second kappa shape index (κ2) is 14.2. The van der Waals surface area contributed by atoms with Crippen molar-refractivity contribution < 1.29 is 23.9 Å². The Hall–Kier alpha value is -3.43. The molecule has 0 aliphatic heterocycles. The highest BCUT2D eigenvalue weighted by Crippen LogP contribution is 2.48. The van der Waals surface area contributed by atoms with Gasteiger partial charge in [0.15, 0.2) is 0 Å². The van der Waals surface area contributed by atoms with Crippen LogP contribution in [0.5, 0.6) is 0 Å². The second-order valence-electron chi connectivity index (χ2n) is 11.4. The Balaban J connectivity index is 2.08. The molecule has 0 saturated carbocycles. The predicted octanol–water partition coefficient (Wildman–Crippen LogP) is 5.97. The van der Waals surface area contributed by atoms with Gasteiger partial charge in [-0.3, -0.25) is 4.79 Å². The lowest BCUT2D eigenvalue weighted by Gasteiger charge is -2.37. The summed E-state index contributed by atoms with van der Waals surface area (Å²) in [6.07, 6.45) is -0.743. The van der Waals surface area contributed by atoms with Crippen LogP contribution < -0.4 is 10.6 Å². The van der Waals surface area contributed by atoms with Gasteiger partial charge in [-0.25, -0.2) is 9.59 Å². The summed E-state index contributed by atoms with van der Waals surface area (Å²) < 4.78 is 8.76. The van der Waals surface area contributed by atoms with Gasteiger partial charge in [0.25, 0.3) is 0 Å². The van der Waals surface area contributed by atoms with Gasteiger partial charge in [-0.05, 0) is 51.3 Å². The second-order valence-corrected chi connectivity index (χ2v) is 13.8. The number of thiol groups is 1. The number of amides is 2. The Morgan fingerprint density at radius 3 is 1.55 bits per heavy atom. The Labute approximate surface area is 258 Å². The highest BCUT2D eigenvalue weighted by Gasteiger charge is 2.41. The minimum atomic E-state index is -1.07. The zero-order chi connectivity index (χ0) is 31.0. The standard InChI is InChI=1S/C33H40N2O5S2/c1-31(2,3)40-30(38)34-26(28(36)35-27(29(37)39-6)32(4,5)41)22-42-33(23-16-10-7-11-17-23,24-18-12-8-13-19-24)25-20-14-9-15-21-25/h7-21,26-27,41H,22H2,1-6H3,(H,34,38)(H,35,36)/t26-,27-/m0/s1. The molecule has 224 valence electrons. The van der Waals surface area contributed by atoms with E-state index >= 15 is 0 Å². The van der Waals surface area contributed by atoms with Gasteiger partial charge in [-0.15, -0.1) is 11.8 Å². The van der Waals surface area contributed by atoms with Crippen LogP contribution in [0.4, 0.5) is 4.79 Å². The lowest BCUT2D eigenvalue weighted by molar-refractivity contribution is -0.146. The molecule has 2 N–H and O–H groups in total. The molecule has 2 atom stereocenters. The minimum absolute atomic E-state index is 0.144. The third-order valence-corrected chi connectivity index (χ3v) is 8.34. The number of nitrogens with one attached hydrogen (secondary N) is 2. The van der Waals surface area contributed by atoms with Crippen molar-refractivity contribution in [1.82, 2.24) is 10.6 Å². The van der Waals surface area contributed by atoms with Crippen LogP contribution in [0, 0.1) is 0 Å². The predicted molar refractivity (Wildman–Crippen MR) is 172 cm³/mol.